The Morgan fingerprint density at radius 2 is 2.07 bits per heavy atom. The SMILES string of the molecule is C=C(CC)C(=C)C1=CC(C)C(C)(C)CC1. The van der Waals surface area contributed by atoms with Crippen molar-refractivity contribution in [2.45, 2.75) is 47.0 Å². The Morgan fingerprint density at radius 3 is 2.53 bits per heavy atom. The van der Waals surface area contributed by atoms with Crippen LogP contribution in [0.25, 0.3) is 0 Å². The molecule has 1 aliphatic rings. The van der Waals surface area contributed by atoms with E-state index < -0.39 is 0 Å². The van der Waals surface area contributed by atoms with Crippen LogP contribution in [0.4, 0.5) is 0 Å². The van der Waals surface area contributed by atoms with Gasteiger partial charge in [-0.15, -0.1) is 0 Å². The summed E-state index contributed by atoms with van der Waals surface area (Å²) in [7, 11) is 0. The minimum atomic E-state index is 0.442. The first kappa shape index (κ1) is 12.3. The van der Waals surface area contributed by atoms with Gasteiger partial charge in [-0.3, -0.25) is 0 Å². The molecule has 1 unspecified atom stereocenters. The maximum atomic E-state index is 4.16. The molecule has 0 amide bonds. The molecule has 1 atom stereocenters. The molecule has 0 saturated carbocycles. The average molecular weight is 204 g/mol. The lowest BCUT2D eigenvalue weighted by Crippen LogP contribution is -2.24. The van der Waals surface area contributed by atoms with Crippen molar-refractivity contribution in [1.82, 2.24) is 0 Å². The molecular weight excluding hydrogens is 180 g/mol. The van der Waals surface area contributed by atoms with Crippen LogP contribution in [0, 0.1) is 11.3 Å². The summed E-state index contributed by atoms with van der Waals surface area (Å²) in [5.74, 6) is 0.641. The Morgan fingerprint density at radius 1 is 1.47 bits per heavy atom. The lowest BCUT2D eigenvalue weighted by Gasteiger charge is -2.35. The monoisotopic (exact) mass is 204 g/mol. The fraction of sp³-hybridized carbons (Fsp3) is 0.600. The third kappa shape index (κ3) is 2.62. The zero-order chi connectivity index (χ0) is 11.6. The molecule has 0 radical (unpaired) electrons. The van der Waals surface area contributed by atoms with Gasteiger partial charge in [0.15, 0.2) is 0 Å². The van der Waals surface area contributed by atoms with Gasteiger partial charge in [0.1, 0.15) is 0 Å². The Balaban J connectivity index is 2.83. The Labute approximate surface area is 94.8 Å². The van der Waals surface area contributed by atoms with Gasteiger partial charge in [-0.1, -0.05) is 46.9 Å². The second-order valence-electron chi connectivity index (χ2n) is 5.40. The lowest BCUT2D eigenvalue weighted by atomic mass is 9.70. The third-order valence-electron chi connectivity index (χ3n) is 3.96. The molecule has 84 valence electrons. The van der Waals surface area contributed by atoms with E-state index in [1.54, 1.807) is 0 Å². The van der Waals surface area contributed by atoms with Crippen LogP contribution in [0.15, 0.2) is 36.0 Å². The van der Waals surface area contributed by atoms with Gasteiger partial charge in [0.25, 0.3) is 0 Å². The topological polar surface area (TPSA) is 0 Å². The van der Waals surface area contributed by atoms with E-state index in [0.29, 0.717) is 11.3 Å². The largest absolute Gasteiger partial charge is 0.0953 e. The Kier molecular flexibility index (Phi) is 3.59. The zero-order valence-corrected chi connectivity index (χ0v) is 10.7. The van der Waals surface area contributed by atoms with Crippen LogP contribution in [0.1, 0.15) is 47.0 Å². The first-order valence-electron chi connectivity index (χ1n) is 5.96. The van der Waals surface area contributed by atoms with E-state index in [1.165, 1.54) is 23.1 Å². The molecule has 0 spiro atoms. The highest BCUT2D eigenvalue weighted by Gasteiger charge is 2.29. The van der Waals surface area contributed by atoms with Crippen molar-refractivity contribution in [2.24, 2.45) is 11.3 Å². The molecule has 0 aromatic carbocycles. The van der Waals surface area contributed by atoms with Crippen LogP contribution >= 0.6 is 0 Å². The Bertz CT molecular complexity index is 302. The summed E-state index contributed by atoms with van der Waals surface area (Å²) in [6, 6.07) is 0. The van der Waals surface area contributed by atoms with Gasteiger partial charge in [0.05, 0.1) is 0 Å². The van der Waals surface area contributed by atoms with Gasteiger partial charge in [-0.2, -0.15) is 0 Å². The van der Waals surface area contributed by atoms with Gasteiger partial charge in [0.2, 0.25) is 0 Å². The first-order valence-corrected chi connectivity index (χ1v) is 5.96. The van der Waals surface area contributed by atoms with Crippen LogP contribution in [0.2, 0.25) is 0 Å². The van der Waals surface area contributed by atoms with Crippen molar-refractivity contribution < 1.29 is 0 Å². The third-order valence-corrected chi connectivity index (χ3v) is 3.96. The summed E-state index contributed by atoms with van der Waals surface area (Å²) in [5.41, 5.74) is 4.24. The van der Waals surface area contributed by atoms with Crippen molar-refractivity contribution in [2.75, 3.05) is 0 Å². The highest BCUT2D eigenvalue weighted by Crippen LogP contribution is 2.41. The molecule has 0 fully saturated rings. The van der Waals surface area contributed by atoms with Gasteiger partial charge < -0.3 is 0 Å². The van der Waals surface area contributed by atoms with Crippen molar-refractivity contribution in [1.29, 1.82) is 0 Å². The molecule has 0 aliphatic heterocycles. The number of rotatable bonds is 3. The summed E-state index contributed by atoms with van der Waals surface area (Å²) >= 11 is 0. The molecule has 0 nitrogen and oxygen atoms in total. The van der Waals surface area contributed by atoms with Crippen molar-refractivity contribution in [3.8, 4) is 0 Å². The van der Waals surface area contributed by atoms with E-state index in [4.69, 9.17) is 0 Å². The van der Waals surface area contributed by atoms with Crippen LogP contribution in [-0.4, -0.2) is 0 Å². The van der Waals surface area contributed by atoms with Crippen molar-refractivity contribution in [3.63, 3.8) is 0 Å². The molecule has 0 bridgehead atoms. The van der Waals surface area contributed by atoms with Crippen LogP contribution in [-0.2, 0) is 0 Å². The number of hydrogen-bond acceptors (Lipinski definition) is 0. The summed E-state index contributed by atoms with van der Waals surface area (Å²) in [5, 5.41) is 0. The van der Waals surface area contributed by atoms with Crippen LogP contribution in [0.3, 0.4) is 0 Å². The summed E-state index contributed by atoms with van der Waals surface area (Å²) in [6.07, 6.45) is 5.83. The van der Waals surface area contributed by atoms with E-state index >= 15 is 0 Å². The van der Waals surface area contributed by atoms with Gasteiger partial charge in [-0.25, -0.2) is 0 Å². The zero-order valence-electron chi connectivity index (χ0n) is 10.7. The smallest absolute Gasteiger partial charge is 0.0204 e. The number of allylic oxidation sites excluding steroid dienone is 4. The summed E-state index contributed by atoms with van der Waals surface area (Å²) in [4.78, 5) is 0. The normalized spacial score (nSPS) is 24.5. The quantitative estimate of drug-likeness (QED) is 0.574. The lowest BCUT2D eigenvalue weighted by molar-refractivity contribution is 0.240. The summed E-state index contributed by atoms with van der Waals surface area (Å²) < 4.78 is 0. The van der Waals surface area contributed by atoms with Crippen LogP contribution in [0.5, 0.6) is 0 Å². The molecule has 1 aliphatic carbocycles. The maximum absolute atomic E-state index is 4.16. The van der Waals surface area contributed by atoms with E-state index in [2.05, 4.69) is 46.9 Å². The second kappa shape index (κ2) is 4.38. The highest BCUT2D eigenvalue weighted by atomic mass is 14.3. The van der Waals surface area contributed by atoms with Gasteiger partial charge >= 0.3 is 0 Å². The van der Waals surface area contributed by atoms with Crippen molar-refractivity contribution >= 4 is 0 Å². The Hall–Kier alpha value is -0.780. The predicted molar refractivity (Wildman–Crippen MR) is 68.8 cm³/mol. The van der Waals surface area contributed by atoms with Crippen molar-refractivity contribution in [3.05, 3.63) is 36.0 Å². The maximum Gasteiger partial charge on any atom is -0.0204 e. The first-order chi connectivity index (χ1) is 6.88. The van der Waals surface area contributed by atoms with E-state index in [-0.39, 0.29) is 0 Å². The minimum Gasteiger partial charge on any atom is -0.0953 e. The fourth-order valence-corrected chi connectivity index (χ4v) is 1.99. The van der Waals surface area contributed by atoms with Gasteiger partial charge in [-0.05, 0) is 47.3 Å². The number of hydrogen-bond donors (Lipinski definition) is 0. The molecule has 15 heavy (non-hydrogen) atoms. The molecule has 0 heterocycles. The highest BCUT2D eigenvalue weighted by molar-refractivity contribution is 5.44. The molecule has 0 aromatic rings. The standard InChI is InChI=1S/C15H24/c1-7-11(2)13(4)14-8-9-15(5,6)12(3)10-14/h10,12H,2,4,7-9H2,1,3,5-6H3. The fourth-order valence-electron chi connectivity index (χ4n) is 1.99. The molecule has 0 saturated heterocycles. The van der Waals surface area contributed by atoms with Crippen LogP contribution < -0.4 is 0 Å². The average Bonchev–Trinajstić information content (AvgIpc) is 2.20. The van der Waals surface area contributed by atoms with E-state index in [1.807, 2.05) is 0 Å². The molecule has 1 rings (SSSR count). The molecular formula is C15H24. The molecule has 0 aromatic heterocycles. The minimum absolute atomic E-state index is 0.442. The molecule has 0 heteroatoms. The van der Waals surface area contributed by atoms with Gasteiger partial charge in [0, 0.05) is 0 Å². The second-order valence-corrected chi connectivity index (χ2v) is 5.40. The molecule has 0 N–H and O–H groups in total. The summed E-state index contributed by atoms with van der Waals surface area (Å²) in [6.45, 7) is 17.4. The predicted octanol–water partition coefficient (Wildman–Crippen LogP) is 4.89. The van der Waals surface area contributed by atoms with E-state index in [0.717, 1.165) is 12.8 Å². The van der Waals surface area contributed by atoms with E-state index in [9.17, 15) is 0 Å².